The minimum absolute atomic E-state index is 0.0851. The van der Waals surface area contributed by atoms with E-state index in [0.717, 1.165) is 12.1 Å². The van der Waals surface area contributed by atoms with Crippen molar-refractivity contribution in [3.8, 4) is 5.75 Å². The summed E-state index contributed by atoms with van der Waals surface area (Å²) >= 11 is 0. The molecule has 0 atom stereocenters. The highest BCUT2D eigenvalue weighted by molar-refractivity contribution is 5.30. The van der Waals surface area contributed by atoms with Crippen molar-refractivity contribution in [3.63, 3.8) is 0 Å². The number of hydrogen-bond acceptors (Lipinski definition) is 3. The molecule has 0 fully saturated rings. The average Bonchev–Trinajstić information content (AvgIpc) is 2.20. The monoisotopic (exact) mass is 258 g/mol. The van der Waals surface area contributed by atoms with E-state index in [1.165, 1.54) is 7.11 Å². The maximum absolute atomic E-state index is 13.7. The summed E-state index contributed by atoms with van der Waals surface area (Å²) in [6, 6.07) is 2.22. The van der Waals surface area contributed by atoms with Gasteiger partial charge in [0.25, 0.3) is 0 Å². The summed E-state index contributed by atoms with van der Waals surface area (Å²) in [5, 5.41) is 0. The van der Waals surface area contributed by atoms with Crippen LogP contribution >= 0.6 is 0 Å². The second-order valence-corrected chi connectivity index (χ2v) is 5.24. The Labute approximate surface area is 107 Å². The van der Waals surface area contributed by atoms with Gasteiger partial charge in [0.2, 0.25) is 0 Å². The Kier molecular flexibility index (Phi) is 4.65. The van der Waals surface area contributed by atoms with Gasteiger partial charge in [-0.25, -0.2) is 8.78 Å². The lowest BCUT2D eigenvalue weighted by Crippen LogP contribution is -2.43. The molecule has 0 aromatic heterocycles. The Balaban J connectivity index is 2.82. The van der Waals surface area contributed by atoms with Crippen molar-refractivity contribution >= 4 is 0 Å². The molecule has 18 heavy (non-hydrogen) atoms. The molecule has 1 aromatic rings. The van der Waals surface area contributed by atoms with Gasteiger partial charge in [-0.15, -0.1) is 0 Å². The Hall–Kier alpha value is -1.20. The molecule has 0 unspecified atom stereocenters. The standard InChI is InChI=1S/C13H20F2N2O/c1-13(2,16)8-17(3)7-9-5-11(15)12(18-4)6-10(9)14/h5-6H,7-8,16H2,1-4H3. The van der Waals surface area contributed by atoms with Gasteiger partial charge >= 0.3 is 0 Å². The molecule has 0 aliphatic heterocycles. The number of hydrogen-bond donors (Lipinski definition) is 1. The number of likely N-dealkylation sites (N-methyl/N-ethyl adjacent to an activating group) is 1. The number of methoxy groups -OCH3 is 1. The van der Waals surface area contributed by atoms with Gasteiger partial charge in [0.15, 0.2) is 11.6 Å². The summed E-state index contributed by atoms with van der Waals surface area (Å²) < 4.78 is 31.9. The molecule has 2 N–H and O–H groups in total. The molecule has 0 saturated carbocycles. The van der Waals surface area contributed by atoms with Gasteiger partial charge in [-0.1, -0.05) is 0 Å². The number of benzene rings is 1. The first-order chi connectivity index (χ1) is 8.23. The van der Waals surface area contributed by atoms with E-state index in [9.17, 15) is 8.78 Å². The van der Waals surface area contributed by atoms with Crippen molar-refractivity contribution in [2.24, 2.45) is 5.73 Å². The molecule has 0 saturated heterocycles. The number of nitrogens with zero attached hydrogens (tertiary/aromatic N) is 1. The SMILES string of the molecule is COc1cc(F)c(CN(C)CC(C)(C)N)cc1F. The van der Waals surface area contributed by atoms with Crippen LogP contribution < -0.4 is 10.5 Å². The molecular formula is C13H20F2N2O. The van der Waals surface area contributed by atoms with Crippen LogP contribution in [0.1, 0.15) is 19.4 Å². The molecule has 5 heteroatoms. The van der Waals surface area contributed by atoms with Crippen molar-refractivity contribution in [3.05, 3.63) is 29.3 Å². The molecule has 0 amide bonds. The summed E-state index contributed by atoms with van der Waals surface area (Å²) in [7, 11) is 3.12. The Morgan fingerprint density at radius 2 is 1.89 bits per heavy atom. The Morgan fingerprint density at radius 3 is 2.39 bits per heavy atom. The minimum Gasteiger partial charge on any atom is -0.494 e. The van der Waals surface area contributed by atoms with Crippen LogP contribution in [0.5, 0.6) is 5.75 Å². The fourth-order valence-corrected chi connectivity index (χ4v) is 1.89. The van der Waals surface area contributed by atoms with Crippen LogP contribution in [0, 0.1) is 11.6 Å². The van der Waals surface area contributed by atoms with Crippen LogP contribution in [0.2, 0.25) is 0 Å². The summed E-state index contributed by atoms with van der Waals surface area (Å²) in [4.78, 5) is 1.85. The number of ether oxygens (including phenoxy) is 1. The zero-order chi connectivity index (χ0) is 13.9. The second-order valence-electron chi connectivity index (χ2n) is 5.24. The van der Waals surface area contributed by atoms with Gasteiger partial charge in [0.1, 0.15) is 5.82 Å². The fourth-order valence-electron chi connectivity index (χ4n) is 1.89. The molecule has 0 bridgehead atoms. The first-order valence-corrected chi connectivity index (χ1v) is 5.72. The van der Waals surface area contributed by atoms with Crippen LogP contribution in [0.25, 0.3) is 0 Å². The molecule has 0 aliphatic carbocycles. The van der Waals surface area contributed by atoms with Gasteiger partial charge in [-0.05, 0) is 27.0 Å². The first-order valence-electron chi connectivity index (χ1n) is 5.72. The number of rotatable bonds is 5. The van der Waals surface area contributed by atoms with Gasteiger partial charge in [0, 0.05) is 30.3 Å². The summed E-state index contributed by atoms with van der Waals surface area (Å²) in [6.45, 7) is 4.65. The fraction of sp³-hybridized carbons (Fsp3) is 0.538. The quantitative estimate of drug-likeness (QED) is 0.879. The largest absolute Gasteiger partial charge is 0.494 e. The lowest BCUT2D eigenvalue weighted by molar-refractivity contribution is 0.259. The minimum atomic E-state index is -0.561. The normalized spacial score (nSPS) is 12.0. The maximum atomic E-state index is 13.7. The molecule has 3 nitrogen and oxygen atoms in total. The highest BCUT2D eigenvalue weighted by Crippen LogP contribution is 2.22. The molecule has 1 rings (SSSR count). The van der Waals surface area contributed by atoms with E-state index in [0.29, 0.717) is 18.7 Å². The molecular weight excluding hydrogens is 238 g/mol. The van der Waals surface area contributed by atoms with E-state index in [-0.39, 0.29) is 11.3 Å². The van der Waals surface area contributed by atoms with Crippen molar-refractivity contribution in [2.75, 3.05) is 20.7 Å². The third-order valence-corrected chi connectivity index (χ3v) is 2.44. The van der Waals surface area contributed by atoms with E-state index in [2.05, 4.69) is 0 Å². The average molecular weight is 258 g/mol. The maximum Gasteiger partial charge on any atom is 0.165 e. The Bertz CT molecular complexity index is 416. The molecule has 102 valence electrons. The van der Waals surface area contributed by atoms with Crippen LogP contribution in [0.4, 0.5) is 8.78 Å². The summed E-state index contributed by atoms with van der Waals surface area (Å²) in [5.74, 6) is -1.12. The highest BCUT2D eigenvalue weighted by atomic mass is 19.1. The second kappa shape index (κ2) is 5.63. The van der Waals surface area contributed by atoms with E-state index in [1.807, 2.05) is 25.8 Å². The summed E-state index contributed by atoms with van der Waals surface area (Å²) in [5.41, 5.74) is 5.79. The number of halogens is 2. The van der Waals surface area contributed by atoms with Crippen molar-refractivity contribution in [1.29, 1.82) is 0 Å². The van der Waals surface area contributed by atoms with Gasteiger partial charge in [-0.2, -0.15) is 0 Å². The van der Waals surface area contributed by atoms with Crippen molar-refractivity contribution < 1.29 is 13.5 Å². The topological polar surface area (TPSA) is 38.5 Å². The van der Waals surface area contributed by atoms with E-state index < -0.39 is 11.6 Å². The highest BCUT2D eigenvalue weighted by Gasteiger charge is 2.16. The summed E-state index contributed by atoms with van der Waals surface area (Å²) in [6.07, 6.45) is 0. The van der Waals surface area contributed by atoms with Crippen LogP contribution in [-0.4, -0.2) is 31.1 Å². The van der Waals surface area contributed by atoms with E-state index >= 15 is 0 Å². The molecule has 0 radical (unpaired) electrons. The first kappa shape index (κ1) is 14.9. The van der Waals surface area contributed by atoms with E-state index in [1.54, 1.807) is 0 Å². The molecule has 0 aliphatic rings. The van der Waals surface area contributed by atoms with Crippen LogP contribution in [-0.2, 0) is 6.54 Å². The van der Waals surface area contributed by atoms with Gasteiger partial charge in [0.05, 0.1) is 7.11 Å². The third kappa shape index (κ3) is 4.23. The van der Waals surface area contributed by atoms with Crippen molar-refractivity contribution in [1.82, 2.24) is 4.90 Å². The zero-order valence-corrected chi connectivity index (χ0v) is 11.3. The molecule has 0 heterocycles. The number of nitrogens with two attached hydrogens (primary N) is 1. The predicted octanol–water partition coefficient (Wildman–Crippen LogP) is 2.14. The molecule has 1 aromatic carbocycles. The third-order valence-electron chi connectivity index (χ3n) is 2.44. The van der Waals surface area contributed by atoms with Gasteiger partial charge < -0.3 is 15.4 Å². The lowest BCUT2D eigenvalue weighted by atomic mass is 10.1. The van der Waals surface area contributed by atoms with E-state index in [4.69, 9.17) is 10.5 Å². The van der Waals surface area contributed by atoms with Crippen LogP contribution in [0.15, 0.2) is 12.1 Å². The van der Waals surface area contributed by atoms with Gasteiger partial charge in [-0.3, -0.25) is 0 Å². The zero-order valence-electron chi connectivity index (χ0n) is 11.3. The Morgan fingerprint density at radius 1 is 1.28 bits per heavy atom. The van der Waals surface area contributed by atoms with Crippen molar-refractivity contribution in [2.45, 2.75) is 25.9 Å². The predicted molar refractivity (Wildman–Crippen MR) is 67.5 cm³/mol. The molecule has 0 spiro atoms. The van der Waals surface area contributed by atoms with Crippen LogP contribution in [0.3, 0.4) is 0 Å². The lowest BCUT2D eigenvalue weighted by Gasteiger charge is -2.26. The smallest absolute Gasteiger partial charge is 0.165 e.